The number of carboxylic acids is 2. The van der Waals surface area contributed by atoms with Gasteiger partial charge in [0.2, 0.25) is 0 Å². The van der Waals surface area contributed by atoms with Crippen LogP contribution < -0.4 is 0 Å². The molecule has 5 nitrogen and oxygen atoms in total. The fourth-order valence-electron chi connectivity index (χ4n) is 2.70. The first-order valence-electron chi connectivity index (χ1n) is 5.86. The van der Waals surface area contributed by atoms with Crippen molar-refractivity contribution in [2.75, 3.05) is 6.61 Å². The van der Waals surface area contributed by atoms with E-state index in [1.807, 2.05) is 0 Å². The SMILES string of the molecule is CC=CC1(C(=O)O)CCC=CC1(CCO)C(=O)O. The number of hydrogen-bond donors (Lipinski definition) is 3. The lowest BCUT2D eigenvalue weighted by Crippen LogP contribution is -2.52. The van der Waals surface area contributed by atoms with E-state index in [1.165, 1.54) is 12.2 Å². The summed E-state index contributed by atoms with van der Waals surface area (Å²) in [5.41, 5.74) is -3.08. The van der Waals surface area contributed by atoms with Crippen LogP contribution in [0.4, 0.5) is 0 Å². The van der Waals surface area contributed by atoms with E-state index in [-0.39, 0.29) is 19.4 Å². The third-order valence-electron chi connectivity index (χ3n) is 3.62. The Morgan fingerprint density at radius 3 is 2.44 bits per heavy atom. The lowest BCUT2D eigenvalue weighted by molar-refractivity contribution is -0.167. The van der Waals surface area contributed by atoms with Gasteiger partial charge < -0.3 is 15.3 Å². The van der Waals surface area contributed by atoms with Crippen molar-refractivity contribution < 1.29 is 24.9 Å². The highest BCUT2D eigenvalue weighted by Gasteiger charge is 2.59. The molecule has 0 radical (unpaired) electrons. The minimum atomic E-state index is -1.58. The molecule has 0 heterocycles. The summed E-state index contributed by atoms with van der Waals surface area (Å²) in [6.45, 7) is 1.29. The molecule has 0 aromatic rings. The highest BCUT2D eigenvalue weighted by atomic mass is 16.4. The molecule has 0 aromatic carbocycles. The number of aliphatic hydroxyl groups is 1. The highest BCUT2D eigenvalue weighted by Crippen LogP contribution is 2.51. The molecule has 0 fully saturated rings. The molecule has 2 unspecified atom stereocenters. The zero-order chi connectivity index (χ0) is 13.8. The van der Waals surface area contributed by atoms with Crippen LogP contribution in [-0.4, -0.2) is 33.9 Å². The van der Waals surface area contributed by atoms with Crippen LogP contribution in [0.25, 0.3) is 0 Å². The van der Waals surface area contributed by atoms with E-state index in [1.54, 1.807) is 19.1 Å². The Hall–Kier alpha value is -1.62. The van der Waals surface area contributed by atoms with Gasteiger partial charge >= 0.3 is 11.9 Å². The molecule has 0 aliphatic heterocycles. The third-order valence-corrected chi connectivity index (χ3v) is 3.62. The Kier molecular flexibility index (Phi) is 4.29. The van der Waals surface area contributed by atoms with E-state index in [0.29, 0.717) is 6.42 Å². The summed E-state index contributed by atoms with van der Waals surface area (Å²) in [4.78, 5) is 23.2. The van der Waals surface area contributed by atoms with Crippen LogP contribution >= 0.6 is 0 Å². The van der Waals surface area contributed by atoms with E-state index >= 15 is 0 Å². The van der Waals surface area contributed by atoms with Gasteiger partial charge in [0.25, 0.3) is 0 Å². The van der Waals surface area contributed by atoms with E-state index in [0.717, 1.165) is 0 Å². The molecule has 0 aromatic heterocycles. The quantitative estimate of drug-likeness (QED) is 0.645. The second kappa shape index (κ2) is 5.35. The number of rotatable bonds is 5. The third kappa shape index (κ3) is 1.95. The van der Waals surface area contributed by atoms with Gasteiger partial charge in [0.15, 0.2) is 0 Å². The molecular weight excluding hydrogens is 236 g/mol. The second-order valence-corrected chi connectivity index (χ2v) is 4.47. The summed E-state index contributed by atoms with van der Waals surface area (Å²) >= 11 is 0. The van der Waals surface area contributed by atoms with Crippen molar-refractivity contribution in [3.63, 3.8) is 0 Å². The average molecular weight is 254 g/mol. The lowest BCUT2D eigenvalue weighted by Gasteiger charge is -2.43. The van der Waals surface area contributed by atoms with Crippen LogP contribution in [0.15, 0.2) is 24.3 Å². The van der Waals surface area contributed by atoms with Gasteiger partial charge in [-0.2, -0.15) is 0 Å². The topological polar surface area (TPSA) is 94.8 Å². The molecule has 0 saturated carbocycles. The van der Waals surface area contributed by atoms with Gasteiger partial charge in [-0.1, -0.05) is 24.3 Å². The van der Waals surface area contributed by atoms with Crippen LogP contribution in [0.3, 0.4) is 0 Å². The van der Waals surface area contributed by atoms with Crippen molar-refractivity contribution in [3.8, 4) is 0 Å². The number of aliphatic hydroxyl groups excluding tert-OH is 1. The summed E-state index contributed by atoms with van der Waals surface area (Å²) in [6.07, 6.45) is 6.70. The van der Waals surface area contributed by atoms with Crippen molar-refractivity contribution in [2.45, 2.75) is 26.2 Å². The van der Waals surface area contributed by atoms with Gasteiger partial charge in [0, 0.05) is 6.61 Å². The summed E-state index contributed by atoms with van der Waals surface area (Å²) < 4.78 is 0. The smallest absolute Gasteiger partial charge is 0.315 e. The Balaban J connectivity index is 3.48. The molecule has 18 heavy (non-hydrogen) atoms. The first kappa shape index (κ1) is 14.4. The van der Waals surface area contributed by atoms with Crippen molar-refractivity contribution in [3.05, 3.63) is 24.3 Å². The van der Waals surface area contributed by atoms with Gasteiger partial charge in [-0.05, 0) is 26.2 Å². The maximum absolute atomic E-state index is 11.6. The van der Waals surface area contributed by atoms with Gasteiger partial charge in [-0.15, -0.1) is 0 Å². The van der Waals surface area contributed by atoms with Gasteiger partial charge in [-0.3, -0.25) is 9.59 Å². The molecule has 0 spiro atoms. The fourth-order valence-corrected chi connectivity index (χ4v) is 2.70. The maximum atomic E-state index is 11.6. The highest BCUT2D eigenvalue weighted by molar-refractivity contribution is 5.90. The minimum Gasteiger partial charge on any atom is -0.481 e. The van der Waals surface area contributed by atoms with Crippen molar-refractivity contribution in [2.24, 2.45) is 10.8 Å². The molecule has 0 bridgehead atoms. The van der Waals surface area contributed by atoms with Gasteiger partial charge in [0.1, 0.15) is 10.8 Å². The normalized spacial score (nSPS) is 31.7. The number of carbonyl (C=O) groups is 2. The van der Waals surface area contributed by atoms with Crippen molar-refractivity contribution in [1.82, 2.24) is 0 Å². The molecule has 1 aliphatic rings. The van der Waals surface area contributed by atoms with E-state index < -0.39 is 22.8 Å². The Labute approximate surface area is 105 Å². The largest absolute Gasteiger partial charge is 0.481 e. The van der Waals surface area contributed by atoms with Gasteiger partial charge in [-0.25, -0.2) is 0 Å². The first-order chi connectivity index (χ1) is 8.47. The molecule has 2 atom stereocenters. The molecular formula is C13H18O5. The zero-order valence-electron chi connectivity index (χ0n) is 10.3. The number of carboxylic acid groups (broad SMARTS) is 2. The van der Waals surface area contributed by atoms with Crippen LogP contribution in [0.1, 0.15) is 26.2 Å². The van der Waals surface area contributed by atoms with E-state index in [2.05, 4.69) is 0 Å². The van der Waals surface area contributed by atoms with Crippen LogP contribution in [-0.2, 0) is 9.59 Å². The van der Waals surface area contributed by atoms with Crippen molar-refractivity contribution >= 4 is 11.9 Å². The van der Waals surface area contributed by atoms with Crippen LogP contribution in [0.2, 0.25) is 0 Å². The standard InChI is InChI=1S/C13H18O5/c1-2-5-12(10(15)16)6-3-4-7-13(12,8-9-14)11(17)18/h2,4-5,7,14H,3,6,8-9H2,1H3,(H,15,16)(H,17,18). The molecule has 1 rings (SSSR count). The number of hydrogen-bond acceptors (Lipinski definition) is 3. The first-order valence-corrected chi connectivity index (χ1v) is 5.86. The zero-order valence-corrected chi connectivity index (χ0v) is 10.3. The van der Waals surface area contributed by atoms with Gasteiger partial charge in [0.05, 0.1) is 0 Å². The molecule has 5 heteroatoms. The Morgan fingerprint density at radius 2 is 2.00 bits per heavy atom. The predicted octanol–water partition coefficient (Wildman–Crippen LogP) is 1.44. The summed E-state index contributed by atoms with van der Waals surface area (Å²) in [6, 6.07) is 0. The van der Waals surface area contributed by atoms with E-state index in [4.69, 9.17) is 5.11 Å². The van der Waals surface area contributed by atoms with Crippen LogP contribution in [0, 0.1) is 10.8 Å². The number of allylic oxidation sites excluding steroid dienone is 2. The number of aliphatic carboxylic acids is 2. The Bertz CT molecular complexity index is 398. The molecule has 0 amide bonds. The summed E-state index contributed by atoms with van der Waals surface area (Å²) in [7, 11) is 0. The molecule has 1 aliphatic carbocycles. The summed E-state index contributed by atoms with van der Waals surface area (Å²) in [5.74, 6) is -2.38. The monoisotopic (exact) mass is 254 g/mol. The maximum Gasteiger partial charge on any atom is 0.315 e. The average Bonchev–Trinajstić information content (AvgIpc) is 2.31. The second-order valence-electron chi connectivity index (χ2n) is 4.47. The van der Waals surface area contributed by atoms with E-state index in [9.17, 15) is 19.8 Å². The van der Waals surface area contributed by atoms with Crippen LogP contribution in [0.5, 0.6) is 0 Å². The van der Waals surface area contributed by atoms with Crippen molar-refractivity contribution in [1.29, 1.82) is 0 Å². The fraction of sp³-hybridized carbons (Fsp3) is 0.538. The molecule has 0 saturated heterocycles. The Morgan fingerprint density at radius 1 is 1.33 bits per heavy atom. The lowest BCUT2D eigenvalue weighted by atomic mass is 9.57. The molecule has 3 N–H and O–H groups in total. The molecule has 100 valence electrons. The predicted molar refractivity (Wildman–Crippen MR) is 65.0 cm³/mol. The summed E-state index contributed by atoms with van der Waals surface area (Å²) in [5, 5.41) is 28.1. The minimum absolute atomic E-state index is 0.116.